The molecule has 0 bridgehead atoms. The Labute approximate surface area is 158 Å². The van der Waals surface area contributed by atoms with Crippen molar-refractivity contribution in [2.75, 3.05) is 20.8 Å². The van der Waals surface area contributed by atoms with Gasteiger partial charge in [0.05, 0.1) is 21.5 Å². The zero-order valence-electron chi connectivity index (χ0n) is 13.3. The van der Waals surface area contributed by atoms with E-state index >= 15 is 0 Å². The third kappa shape index (κ3) is 5.45. The molecule has 134 valence electrons. The first-order valence-electron chi connectivity index (χ1n) is 7.01. The number of hydrogen-bond acceptors (Lipinski definition) is 6. The Bertz CT molecular complexity index is 715. The molecule has 0 spiro atoms. The molecule has 0 unspecified atom stereocenters. The standard InChI is InChI=1S/C15H15Cl2N3O4S/c1-23-12(24-2)7-18-11(21)6-10-14(22)20-15(25-10)19-13-8(16)4-3-5-9(13)17/h3-6,12H,7H2,1-2H3,(H,18,21)(H,19,20,22)/b10-6-. The number of methoxy groups -OCH3 is 2. The van der Waals surface area contributed by atoms with Gasteiger partial charge in [-0.3, -0.25) is 9.59 Å². The second kappa shape index (κ2) is 9.21. The molecule has 2 N–H and O–H groups in total. The molecular weight excluding hydrogens is 389 g/mol. The summed E-state index contributed by atoms with van der Waals surface area (Å²) in [7, 11) is 2.92. The van der Waals surface area contributed by atoms with Crippen molar-refractivity contribution in [1.29, 1.82) is 0 Å². The predicted octanol–water partition coefficient (Wildman–Crippen LogP) is 2.46. The summed E-state index contributed by atoms with van der Waals surface area (Å²) in [6.07, 6.45) is 0.617. The molecule has 2 amide bonds. The maximum absolute atomic E-state index is 12.0. The average Bonchev–Trinajstić information content (AvgIpc) is 2.91. The second-order valence-electron chi connectivity index (χ2n) is 4.70. The Morgan fingerprint density at radius 1 is 1.36 bits per heavy atom. The van der Waals surface area contributed by atoms with Crippen molar-refractivity contribution in [1.82, 2.24) is 10.6 Å². The van der Waals surface area contributed by atoms with Crippen LogP contribution in [0.1, 0.15) is 0 Å². The molecule has 0 atom stereocenters. The number of carbonyl (C=O) groups is 2. The van der Waals surface area contributed by atoms with E-state index in [1.807, 2.05) is 0 Å². The van der Waals surface area contributed by atoms with Gasteiger partial charge in [0, 0.05) is 20.3 Å². The lowest BCUT2D eigenvalue weighted by Gasteiger charge is -2.12. The molecule has 1 aromatic rings. The maximum Gasteiger partial charge on any atom is 0.264 e. The summed E-state index contributed by atoms with van der Waals surface area (Å²) in [5.41, 5.74) is 0.349. The number of rotatable bonds is 6. The highest BCUT2D eigenvalue weighted by molar-refractivity contribution is 8.18. The maximum atomic E-state index is 12.0. The minimum atomic E-state index is -0.563. The summed E-state index contributed by atoms with van der Waals surface area (Å²) in [5.74, 6) is -0.883. The lowest BCUT2D eigenvalue weighted by atomic mass is 10.3. The highest BCUT2D eigenvalue weighted by atomic mass is 35.5. The monoisotopic (exact) mass is 403 g/mol. The van der Waals surface area contributed by atoms with E-state index in [4.69, 9.17) is 32.7 Å². The van der Waals surface area contributed by atoms with E-state index in [9.17, 15) is 9.59 Å². The van der Waals surface area contributed by atoms with Gasteiger partial charge in [-0.1, -0.05) is 29.3 Å². The van der Waals surface area contributed by atoms with E-state index in [0.717, 1.165) is 11.8 Å². The third-order valence-corrected chi connectivity index (χ3v) is 4.55. The zero-order chi connectivity index (χ0) is 18.4. The molecule has 25 heavy (non-hydrogen) atoms. The first-order chi connectivity index (χ1) is 11.9. The van der Waals surface area contributed by atoms with Crippen LogP contribution in [0.3, 0.4) is 0 Å². The van der Waals surface area contributed by atoms with E-state index in [2.05, 4.69) is 15.6 Å². The molecule has 1 aliphatic heterocycles. The van der Waals surface area contributed by atoms with Crippen LogP contribution < -0.4 is 10.6 Å². The number of amidine groups is 1. The number of benzene rings is 1. The summed E-state index contributed by atoms with van der Waals surface area (Å²) in [6, 6.07) is 4.97. The van der Waals surface area contributed by atoms with Gasteiger partial charge in [-0.2, -0.15) is 0 Å². The smallest absolute Gasteiger partial charge is 0.264 e. The number of nitrogens with one attached hydrogen (secondary N) is 2. The fourth-order valence-corrected chi connectivity index (χ4v) is 3.08. The number of ether oxygens (including phenoxy) is 2. The molecule has 1 fully saturated rings. The average molecular weight is 404 g/mol. The largest absolute Gasteiger partial charge is 0.354 e. The zero-order valence-corrected chi connectivity index (χ0v) is 15.7. The Hall–Kier alpha value is -1.58. The molecule has 7 nitrogen and oxygen atoms in total. The minimum Gasteiger partial charge on any atom is -0.354 e. The second-order valence-corrected chi connectivity index (χ2v) is 6.54. The number of nitrogens with zero attached hydrogens (tertiary/aromatic N) is 1. The number of thioether (sulfide) groups is 1. The van der Waals surface area contributed by atoms with Gasteiger partial charge >= 0.3 is 0 Å². The van der Waals surface area contributed by atoms with Gasteiger partial charge in [0.15, 0.2) is 11.5 Å². The first kappa shape index (κ1) is 19.7. The van der Waals surface area contributed by atoms with Crippen molar-refractivity contribution in [3.05, 3.63) is 39.2 Å². The van der Waals surface area contributed by atoms with Crippen molar-refractivity contribution < 1.29 is 19.1 Å². The molecule has 0 aromatic heterocycles. The normalized spacial score (nSPS) is 17.4. The van der Waals surface area contributed by atoms with Crippen LogP contribution in [-0.4, -0.2) is 44.0 Å². The SMILES string of the molecule is COC(CNC(=O)/C=C1\SC(=Nc2c(Cl)cccc2Cl)NC1=O)OC. The van der Waals surface area contributed by atoms with Gasteiger partial charge in [-0.15, -0.1) is 0 Å². The van der Waals surface area contributed by atoms with Gasteiger partial charge in [0.2, 0.25) is 5.91 Å². The van der Waals surface area contributed by atoms with E-state index in [1.54, 1.807) is 18.2 Å². The molecule has 1 aliphatic rings. The van der Waals surface area contributed by atoms with E-state index in [0.29, 0.717) is 15.7 Å². The fourth-order valence-electron chi connectivity index (χ4n) is 1.79. The van der Waals surface area contributed by atoms with Crippen molar-refractivity contribution in [2.45, 2.75) is 6.29 Å². The van der Waals surface area contributed by atoms with Crippen LogP contribution in [0.2, 0.25) is 10.0 Å². The van der Waals surface area contributed by atoms with Crippen molar-refractivity contribution in [3.8, 4) is 0 Å². The predicted molar refractivity (Wildman–Crippen MR) is 98.2 cm³/mol. The minimum absolute atomic E-state index is 0.151. The molecule has 0 saturated carbocycles. The highest BCUT2D eigenvalue weighted by Crippen LogP contribution is 2.35. The van der Waals surface area contributed by atoms with Crippen LogP contribution >= 0.6 is 35.0 Å². The number of carbonyl (C=O) groups excluding carboxylic acids is 2. The van der Waals surface area contributed by atoms with Crippen LogP contribution in [0.5, 0.6) is 0 Å². The topological polar surface area (TPSA) is 89.0 Å². The van der Waals surface area contributed by atoms with Crippen molar-refractivity contribution in [3.63, 3.8) is 0 Å². The fraction of sp³-hybridized carbons (Fsp3) is 0.267. The molecular formula is C15H15Cl2N3O4S. The van der Waals surface area contributed by atoms with Gasteiger partial charge in [-0.25, -0.2) is 4.99 Å². The summed E-state index contributed by atoms with van der Waals surface area (Å²) in [5, 5.41) is 6.13. The number of halogens is 2. The number of aliphatic imine (C=N–C) groups is 1. The molecule has 0 aliphatic carbocycles. The number of para-hydroxylation sites is 1. The van der Waals surface area contributed by atoms with E-state index < -0.39 is 18.1 Å². The summed E-state index contributed by atoms with van der Waals surface area (Å²) >= 11 is 13.1. The van der Waals surface area contributed by atoms with Gasteiger partial charge in [-0.05, 0) is 23.9 Å². The number of hydrogen-bond donors (Lipinski definition) is 2. The van der Waals surface area contributed by atoms with Crippen LogP contribution in [0.15, 0.2) is 34.2 Å². The van der Waals surface area contributed by atoms with Crippen molar-refractivity contribution >= 4 is 57.6 Å². The van der Waals surface area contributed by atoms with E-state index in [1.165, 1.54) is 20.3 Å². The van der Waals surface area contributed by atoms with Crippen LogP contribution in [0.25, 0.3) is 0 Å². The van der Waals surface area contributed by atoms with Crippen LogP contribution in [0.4, 0.5) is 5.69 Å². The van der Waals surface area contributed by atoms with Crippen LogP contribution in [-0.2, 0) is 19.1 Å². The lowest BCUT2D eigenvalue weighted by molar-refractivity contribution is -0.123. The molecule has 1 aromatic carbocycles. The Balaban J connectivity index is 2.07. The quantitative estimate of drug-likeness (QED) is 0.562. The van der Waals surface area contributed by atoms with Crippen LogP contribution in [0, 0.1) is 0 Å². The Morgan fingerprint density at radius 3 is 2.60 bits per heavy atom. The highest BCUT2D eigenvalue weighted by Gasteiger charge is 2.25. The van der Waals surface area contributed by atoms with Gasteiger partial charge < -0.3 is 20.1 Å². The summed E-state index contributed by atoms with van der Waals surface area (Å²) in [4.78, 5) is 28.3. The Morgan fingerprint density at radius 2 is 2.00 bits per heavy atom. The molecule has 0 radical (unpaired) electrons. The van der Waals surface area contributed by atoms with Gasteiger partial charge in [0.1, 0.15) is 5.69 Å². The van der Waals surface area contributed by atoms with E-state index in [-0.39, 0.29) is 16.6 Å². The summed E-state index contributed by atoms with van der Waals surface area (Å²) in [6.45, 7) is 0.151. The molecule has 1 saturated heterocycles. The molecule has 10 heteroatoms. The number of amides is 2. The lowest BCUT2D eigenvalue weighted by Crippen LogP contribution is -2.33. The Kier molecular flexibility index (Phi) is 7.27. The first-order valence-corrected chi connectivity index (χ1v) is 8.59. The van der Waals surface area contributed by atoms with Gasteiger partial charge in [0.25, 0.3) is 5.91 Å². The van der Waals surface area contributed by atoms with Crippen molar-refractivity contribution in [2.24, 2.45) is 4.99 Å². The third-order valence-electron chi connectivity index (χ3n) is 3.03. The molecule has 2 rings (SSSR count). The summed E-state index contributed by atoms with van der Waals surface area (Å²) < 4.78 is 9.92. The molecule has 1 heterocycles.